The van der Waals surface area contributed by atoms with Crippen LogP contribution in [0.15, 0.2) is 34.2 Å². The summed E-state index contributed by atoms with van der Waals surface area (Å²) in [5, 5.41) is 11.3. The van der Waals surface area contributed by atoms with Crippen LogP contribution in [-0.4, -0.2) is 35.1 Å². The highest BCUT2D eigenvalue weighted by Crippen LogP contribution is 2.15. The van der Waals surface area contributed by atoms with Gasteiger partial charge in [-0.3, -0.25) is 9.67 Å². The molecule has 0 aliphatic rings. The number of hydrogen-bond donors (Lipinski definition) is 2. The van der Waals surface area contributed by atoms with Crippen molar-refractivity contribution in [2.24, 2.45) is 12.0 Å². The minimum Gasteiger partial charge on any atom is -0.354 e. The second-order valence-corrected chi connectivity index (χ2v) is 7.18. The molecule has 5 nitrogen and oxygen atoms in total. The zero-order valence-electron chi connectivity index (χ0n) is 16.1. The molecular formula is C19H29N5S. The second-order valence-electron chi connectivity index (χ2n) is 6.30. The van der Waals surface area contributed by atoms with Crippen molar-refractivity contribution in [1.82, 2.24) is 20.4 Å². The van der Waals surface area contributed by atoms with Crippen LogP contribution >= 0.6 is 11.8 Å². The standard InChI is InChI=1S/C19H29N5S/c1-13(11-18-14(2)23-24(5)15(18)3)22-19(20-4)21-12-16-7-9-17(25-6)10-8-16/h7-10,13H,11-12H2,1-6H3,(H2,20,21,22). The Morgan fingerprint density at radius 2 is 1.96 bits per heavy atom. The van der Waals surface area contributed by atoms with Gasteiger partial charge in [0.25, 0.3) is 0 Å². The van der Waals surface area contributed by atoms with Gasteiger partial charge in [-0.15, -0.1) is 11.8 Å². The largest absolute Gasteiger partial charge is 0.354 e. The number of nitrogens with one attached hydrogen (secondary N) is 2. The first-order chi connectivity index (χ1) is 11.9. The Morgan fingerprint density at radius 1 is 1.28 bits per heavy atom. The molecule has 1 unspecified atom stereocenters. The molecule has 2 N–H and O–H groups in total. The summed E-state index contributed by atoms with van der Waals surface area (Å²) in [6, 6.07) is 8.87. The van der Waals surface area contributed by atoms with E-state index in [1.165, 1.54) is 21.7 Å². The van der Waals surface area contributed by atoms with Crippen LogP contribution in [-0.2, 0) is 20.0 Å². The van der Waals surface area contributed by atoms with E-state index in [2.05, 4.69) is 72.0 Å². The molecule has 0 aliphatic heterocycles. The molecule has 2 rings (SSSR count). The molecule has 0 spiro atoms. The summed E-state index contributed by atoms with van der Waals surface area (Å²) in [5.41, 5.74) is 4.88. The number of aliphatic imine (C=N–C) groups is 1. The molecule has 1 heterocycles. The summed E-state index contributed by atoms with van der Waals surface area (Å²) in [5.74, 6) is 0.820. The quantitative estimate of drug-likeness (QED) is 0.473. The summed E-state index contributed by atoms with van der Waals surface area (Å²) in [6.07, 6.45) is 3.01. The van der Waals surface area contributed by atoms with E-state index in [0.29, 0.717) is 0 Å². The zero-order valence-corrected chi connectivity index (χ0v) is 16.9. The van der Waals surface area contributed by atoms with Gasteiger partial charge < -0.3 is 10.6 Å². The first-order valence-electron chi connectivity index (χ1n) is 8.53. The van der Waals surface area contributed by atoms with Gasteiger partial charge in [0, 0.05) is 37.3 Å². The van der Waals surface area contributed by atoms with Crippen LogP contribution in [0.25, 0.3) is 0 Å². The lowest BCUT2D eigenvalue weighted by Crippen LogP contribution is -2.42. The average Bonchev–Trinajstić information content (AvgIpc) is 2.85. The van der Waals surface area contributed by atoms with E-state index in [-0.39, 0.29) is 6.04 Å². The minimum absolute atomic E-state index is 0.270. The molecular weight excluding hydrogens is 330 g/mol. The predicted molar refractivity (Wildman–Crippen MR) is 107 cm³/mol. The van der Waals surface area contributed by atoms with Crippen LogP contribution < -0.4 is 10.6 Å². The summed E-state index contributed by atoms with van der Waals surface area (Å²) in [6.45, 7) is 7.12. The summed E-state index contributed by atoms with van der Waals surface area (Å²) in [4.78, 5) is 5.62. The predicted octanol–water partition coefficient (Wildman–Crippen LogP) is 3.06. The van der Waals surface area contributed by atoms with Crippen LogP contribution in [0.5, 0.6) is 0 Å². The summed E-state index contributed by atoms with van der Waals surface area (Å²) in [7, 11) is 3.80. The fourth-order valence-corrected chi connectivity index (χ4v) is 3.24. The lowest BCUT2D eigenvalue weighted by atomic mass is 10.1. The van der Waals surface area contributed by atoms with Crippen LogP contribution in [0.1, 0.15) is 29.4 Å². The number of nitrogens with zero attached hydrogens (tertiary/aromatic N) is 3. The zero-order chi connectivity index (χ0) is 18.4. The van der Waals surface area contributed by atoms with E-state index in [9.17, 15) is 0 Å². The molecule has 25 heavy (non-hydrogen) atoms. The second kappa shape index (κ2) is 8.94. The number of benzene rings is 1. The molecule has 0 fully saturated rings. The molecule has 1 atom stereocenters. The number of guanidine groups is 1. The fraction of sp³-hybridized carbons (Fsp3) is 0.474. The SMILES string of the molecule is CN=C(NCc1ccc(SC)cc1)NC(C)Cc1c(C)nn(C)c1C. The smallest absolute Gasteiger partial charge is 0.191 e. The van der Waals surface area contributed by atoms with Crippen LogP contribution in [0.4, 0.5) is 0 Å². The van der Waals surface area contributed by atoms with Crippen LogP contribution in [0.2, 0.25) is 0 Å². The summed E-state index contributed by atoms with van der Waals surface area (Å²) >= 11 is 1.76. The van der Waals surface area contributed by atoms with E-state index in [1.807, 2.05) is 11.7 Å². The lowest BCUT2D eigenvalue weighted by molar-refractivity contribution is 0.635. The third kappa shape index (κ3) is 5.26. The van der Waals surface area contributed by atoms with E-state index in [0.717, 1.165) is 24.6 Å². The maximum atomic E-state index is 4.49. The number of aromatic nitrogens is 2. The third-order valence-electron chi connectivity index (χ3n) is 4.39. The van der Waals surface area contributed by atoms with Crippen molar-refractivity contribution in [1.29, 1.82) is 0 Å². The van der Waals surface area contributed by atoms with Gasteiger partial charge in [-0.1, -0.05) is 12.1 Å². The molecule has 0 saturated carbocycles. The van der Waals surface area contributed by atoms with Gasteiger partial charge >= 0.3 is 0 Å². The highest BCUT2D eigenvalue weighted by Gasteiger charge is 2.13. The molecule has 6 heteroatoms. The van der Waals surface area contributed by atoms with Crippen LogP contribution in [0.3, 0.4) is 0 Å². The van der Waals surface area contributed by atoms with Gasteiger partial charge in [-0.25, -0.2) is 0 Å². The minimum atomic E-state index is 0.270. The maximum absolute atomic E-state index is 4.49. The molecule has 0 aliphatic carbocycles. The molecule has 0 saturated heterocycles. The highest BCUT2D eigenvalue weighted by atomic mass is 32.2. The number of rotatable bonds is 6. The first kappa shape index (κ1) is 19.4. The number of aryl methyl sites for hydroxylation is 2. The van der Waals surface area contributed by atoms with Crippen molar-refractivity contribution in [3.8, 4) is 0 Å². The first-order valence-corrected chi connectivity index (χ1v) is 9.76. The number of thioether (sulfide) groups is 1. The Balaban J connectivity index is 1.90. The molecule has 1 aromatic heterocycles. The Labute approximate surface area is 155 Å². The van der Waals surface area contributed by atoms with Gasteiger partial charge in [-0.05, 0) is 56.7 Å². The van der Waals surface area contributed by atoms with Crippen molar-refractivity contribution in [2.45, 2.75) is 44.7 Å². The average molecular weight is 360 g/mol. The van der Waals surface area contributed by atoms with Gasteiger partial charge in [0.2, 0.25) is 0 Å². The highest BCUT2D eigenvalue weighted by molar-refractivity contribution is 7.98. The number of hydrogen-bond acceptors (Lipinski definition) is 3. The Hall–Kier alpha value is -1.95. The topological polar surface area (TPSA) is 54.2 Å². The van der Waals surface area contributed by atoms with Gasteiger partial charge in [0.15, 0.2) is 5.96 Å². The summed E-state index contributed by atoms with van der Waals surface area (Å²) < 4.78 is 1.95. The third-order valence-corrected chi connectivity index (χ3v) is 5.14. The molecule has 0 bridgehead atoms. The Bertz CT molecular complexity index is 718. The molecule has 0 radical (unpaired) electrons. The van der Waals surface area contributed by atoms with Gasteiger partial charge in [0.05, 0.1) is 5.69 Å². The Morgan fingerprint density at radius 3 is 2.48 bits per heavy atom. The van der Waals surface area contributed by atoms with Gasteiger partial charge in [-0.2, -0.15) is 5.10 Å². The van der Waals surface area contributed by atoms with E-state index < -0.39 is 0 Å². The molecule has 1 aromatic carbocycles. The fourth-order valence-electron chi connectivity index (χ4n) is 2.83. The maximum Gasteiger partial charge on any atom is 0.191 e. The molecule has 2 aromatic rings. The van der Waals surface area contributed by atoms with E-state index in [1.54, 1.807) is 18.8 Å². The lowest BCUT2D eigenvalue weighted by Gasteiger charge is -2.18. The normalized spacial score (nSPS) is 13.0. The van der Waals surface area contributed by atoms with E-state index in [4.69, 9.17) is 0 Å². The molecule has 0 amide bonds. The van der Waals surface area contributed by atoms with Crippen LogP contribution in [0, 0.1) is 13.8 Å². The molecule has 136 valence electrons. The Kier molecular flexibility index (Phi) is 6.93. The van der Waals surface area contributed by atoms with E-state index >= 15 is 0 Å². The van der Waals surface area contributed by atoms with Crippen molar-refractivity contribution >= 4 is 17.7 Å². The van der Waals surface area contributed by atoms with Crippen molar-refractivity contribution < 1.29 is 0 Å². The van der Waals surface area contributed by atoms with Crippen molar-refractivity contribution in [3.63, 3.8) is 0 Å². The van der Waals surface area contributed by atoms with Crippen molar-refractivity contribution in [2.75, 3.05) is 13.3 Å². The monoisotopic (exact) mass is 359 g/mol. The van der Waals surface area contributed by atoms with Gasteiger partial charge in [0.1, 0.15) is 0 Å². The van der Waals surface area contributed by atoms with Crippen molar-refractivity contribution in [3.05, 3.63) is 46.8 Å².